The van der Waals surface area contributed by atoms with Gasteiger partial charge in [-0.1, -0.05) is 53.7 Å². The molecule has 0 unspecified atom stereocenters. The van der Waals surface area contributed by atoms with Crippen molar-refractivity contribution >= 4 is 27.6 Å². The highest BCUT2D eigenvalue weighted by molar-refractivity contribution is 9.10. The van der Waals surface area contributed by atoms with Crippen LogP contribution in [0.4, 0.5) is 0 Å². The minimum absolute atomic E-state index is 0.255. The van der Waals surface area contributed by atoms with Gasteiger partial charge in [-0.2, -0.15) is 0 Å². The van der Waals surface area contributed by atoms with Crippen molar-refractivity contribution in [2.75, 3.05) is 13.2 Å². The number of hydrogen-bond acceptors (Lipinski definition) is 6. The van der Waals surface area contributed by atoms with Crippen LogP contribution in [0.1, 0.15) is 71.8 Å². The van der Waals surface area contributed by atoms with Crippen LogP contribution in [0.3, 0.4) is 0 Å². The average Bonchev–Trinajstić information content (AvgIpc) is 3.11. The molecular weight excluding hydrogens is 462 g/mol. The van der Waals surface area contributed by atoms with E-state index in [1.54, 1.807) is 0 Å². The molecule has 0 radical (unpaired) electrons. The van der Waals surface area contributed by atoms with Gasteiger partial charge in [-0.15, -0.1) is 0 Å². The van der Waals surface area contributed by atoms with Gasteiger partial charge in [0.15, 0.2) is 6.10 Å². The topological polar surface area (TPSA) is 66.3 Å². The van der Waals surface area contributed by atoms with Crippen molar-refractivity contribution < 1.29 is 23.8 Å². The molecule has 1 saturated carbocycles. The number of halogens is 1. The quantitative estimate of drug-likeness (QED) is 0.310. The number of rotatable bonds is 10. The van der Waals surface area contributed by atoms with Gasteiger partial charge in [-0.3, -0.25) is 0 Å². The van der Waals surface area contributed by atoms with Crippen molar-refractivity contribution in [3.8, 4) is 5.75 Å². The Balaban J connectivity index is 1.82. The molecule has 1 aliphatic carbocycles. The Kier molecular flexibility index (Phi) is 8.39. The van der Waals surface area contributed by atoms with Crippen LogP contribution in [-0.2, 0) is 19.1 Å². The normalized spacial score (nSPS) is 19.9. The van der Waals surface area contributed by atoms with E-state index in [9.17, 15) is 4.79 Å². The summed E-state index contributed by atoms with van der Waals surface area (Å²) in [7, 11) is 0. The Morgan fingerprint density at radius 1 is 1.32 bits per heavy atom. The number of esters is 1. The average molecular weight is 496 g/mol. The van der Waals surface area contributed by atoms with E-state index in [0.29, 0.717) is 37.0 Å². The van der Waals surface area contributed by atoms with Crippen molar-refractivity contribution in [3.63, 3.8) is 0 Å². The molecule has 7 heteroatoms. The van der Waals surface area contributed by atoms with Crippen LogP contribution in [0, 0.1) is 5.92 Å². The molecule has 0 spiro atoms. The molecule has 2 aliphatic rings. The highest BCUT2D eigenvalue weighted by atomic mass is 79.9. The summed E-state index contributed by atoms with van der Waals surface area (Å²) in [6.45, 7) is 8.78. The van der Waals surface area contributed by atoms with Crippen LogP contribution in [0.5, 0.6) is 5.75 Å². The predicted molar refractivity (Wildman–Crippen MR) is 123 cm³/mol. The Morgan fingerprint density at radius 3 is 2.74 bits per heavy atom. The summed E-state index contributed by atoms with van der Waals surface area (Å²) in [6.07, 6.45) is 5.25. The van der Waals surface area contributed by atoms with Crippen molar-refractivity contribution in [3.05, 3.63) is 28.2 Å². The molecule has 0 bridgehead atoms. The van der Waals surface area contributed by atoms with Gasteiger partial charge in [-0.05, 0) is 57.7 Å². The number of nitrogens with zero attached hydrogens (tertiary/aromatic N) is 1. The zero-order valence-electron chi connectivity index (χ0n) is 19.0. The summed E-state index contributed by atoms with van der Waals surface area (Å²) in [5.41, 5.74) is 0.900. The third-order valence-corrected chi connectivity index (χ3v) is 5.93. The van der Waals surface area contributed by atoms with Gasteiger partial charge in [0.25, 0.3) is 0 Å². The van der Waals surface area contributed by atoms with Crippen LogP contribution < -0.4 is 4.74 Å². The predicted octanol–water partition coefficient (Wildman–Crippen LogP) is 5.65. The molecule has 172 valence electrons. The first-order valence-corrected chi connectivity index (χ1v) is 12.1. The van der Waals surface area contributed by atoms with E-state index in [1.807, 2.05) is 39.0 Å². The van der Waals surface area contributed by atoms with Crippen LogP contribution in [0.2, 0.25) is 0 Å². The fourth-order valence-electron chi connectivity index (χ4n) is 3.58. The molecule has 6 nitrogen and oxygen atoms in total. The number of unbranched alkanes of at least 4 members (excludes halogenated alkanes) is 1. The molecule has 1 aromatic rings. The molecular formula is C24H34BrNO5. The van der Waals surface area contributed by atoms with Gasteiger partial charge >= 0.3 is 5.97 Å². The zero-order chi connectivity index (χ0) is 22.4. The first kappa shape index (κ1) is 24.1. The highest BCUT2D eigenvalue weighted by Gasteiger charge is 2.34. The second-order valence-corrected chi connectivity index (χ2v) is 10.2. The standard InChI is InChI=1S/C24H34BrNO5/c1-5-6-12-28-21-15-29-26-22(21)18-14-17(25)10-11-19(18)30-20(13-16-8-7-9-16)23(27)31-24(2,3)4/h10-11,14,16,20-21H,5-9,12-13,15H2,1-4H3/t20-,21+/m0/s1. The number of carbonyl (C=O) groups excluding carboxylic acids is 1. The molecule has 31 heavy (non-hydrogen) atoms. The van der Waals surface area contributed by atoms with Crippen LogP contribution in [0.15, 0.2) is 27.8 Å². The van der Waals surface area contributed by atoms with Gasteiger partial charge in [0.2, 0.25) is 0 Å². The number of benzene rings is 1. The Hall–Kier alpha value is -1.60. The van der Waals surface area contributed by atoms with Crippen LogP contribution in [-0.4, -0.2) is 42.7 Å². The number of carbonyl (C=O) groups is 1. The Morgan fingerprint density at radius 2 is 2.10 bits per heavy atom. The first-order chi connectivity index (χ1) is 14.8. The summed E-state index contributed by atoms with van der Waals surface area (Å²) < 4.78 is 18.9. The van der Waals surface area contributed by atoms with Crippen LogP contribution >= 0.6 is 15.9 Å². The SMILES string of the molecule is CCCCO[C@@H]1CON=C1c1cc(Br)ccc1O[C@@H](CC1CCC1)C(=O)OC(C)(C)C. The molecule has 2 atom stereocenters. The van der Waals surface area contributed by atoms with E-state index in [2.05, 4.69) is 28.0 Å². The number of hydrogen-bond donors (Lipinski definition) is 0. The third-order valence-electron chi connectivity index (χ3n) is 5.44. The van der Waals surface area contributed by atoms with Crippen molar-refractivity contribution in [2.45, 2.75) is 84.0 Å². The smallest absolute Gasteiger partial charge is 0.347 e. The van der Waals surface area contributed by atoms with Crippen LogP contribution in [0.25, 0.3) is 0 Å². The molecule has 1 fully saturated rings. The summed E-state index contributed by atoms with van der Waals surface area (Å²) >= 11 is 3.54. The number of ether oxygens (including phenoxy) is 3. The van der Waals surface area contributed by atoms with E-state index in [0.717, 1.165) is 35.7 Å². The maximum Gasteiger partial charge on any atom is 0.347 e. The highest BCUT2D eigenvalue weighted by Crippen LogP contribution is 2.34. The molecule has 3 rings (SSSR count). The summed E-state index contributed by atoms with van der Waals surface area (Å²) in [5.74, 6) is 0.758. The van der Waals surface area contributed by atoms with E-state index >= 15 is 0 Å². The van der Waals surface area contributed by atoms with Gasteiger partial charge in [0, 0.05) is 16.6 Å². The minimum atomic E-state index is -0.660. The van der Waals surface area contributed by atoms with Gasteiger partial charge < -0.3 is 19.0 Å². The molecule has 0 N–H and O–H groups in total. The third kappa shape index (κ3) is 6.94. The molecule has 0 aromatic heterocycles. The van der Waals surface area contributed by atoms with E-state index in [1.165, 1.54) is 6.42 Å². The lowest BCUT2D eigenvalue weighted by atomic mass is 9.81. The zero-order valence-corrected chi connectivity index (χ0v) is 20.6. The lowest BCUT2D eigenvalue weighted by Crippen LogP contribution is -2.38. The van der Waals surface area contributed by atoms with E-state index < -0.39 is 11.7 Å². The van der Waals surface area contributed by atoms with E-state index in [4.69, 9.17) is 19.0 Å². The second kappa shape index (κ2) is 10.8. The van der Waals surface area contributed by atoms with Gasteiger partial charge in [-0.25, -0.2) is 4.79 Å². The number of oxime groups is 1. The van der Waals surface area contributed by atoms with Crippen molar-refractivity contribution in [2.24, 2.45) is 11.1 Å². The summed E-state index contributed by atoms with van der Waals surface area (Å²) in [4.78, 5) is 18.3. The monoisotopic (exact) mass is 495 g/mol. The lowest BCUT2D eigenvalue weighted by Gasteiger charge is -2.31. The fourth-order valence-corrected chi connectivity index (χ4v) is 3.94. The molecule has 1 aromatic carbocycles. The molecule has 0 amide bonds. The van der Waals surface area contributed by atoms with Gasteiger partial charge in [0.05, 0.1) is 0 Å². The Bertz CT molecular complexity index is 785. The molecule has 1 heterocycles. The molecule has 0 saturated heterocycles. The van der Waals surface area contributed by atoms with Crippen molar-refractivity contribution in [1.82, 2.24) is 0 Å². The fraction of sp³-hybridized carbons (Fsp3) is 0.667. The summed E-state index contributed by atoms with van der Waals surface area (Å²) in [6, 6.07) is 5.70. The lowest BCUT2D eigenvalue weighted by molar-refractivity contribution is -0.164. The molecule has 1 aliphatic heterocycles. The van der Waals surface area contributed by atoms with Gasteiger partial charge in [0.1, 0.15) is 29.8 Å². The maximum atomic E-state index is 12.9. The first-order valence-electron chi connectivity index (χ1n) is 11.3. The maximum absolute atomic E-state index is 12.9. The van der Waals surface area contributed by atoms with E-state index in [-0.39, 0.29) is 12.1 Å². The Labute approximate surface area is 193 Å². The van der Waals surface area contributed by atoms with Crippen molar-refractivity contribution in [1.29, 1.82) is 0 Å². The summed E-state index contributed by atoms with van der Waals surface area (Å²) in [5, 5.41) is 4.24. The largest absolute Gasteiger partial charge is 0.478 e. The minimum Gasteiger partial charge on any atom is -0.478 e. The second-order valence-electron chi connectivity index (χ2n) is 9.30.